The summed E-state index contributed by atoms with van der Waals surface area (Å²) in [5, 5.41) is 2.80. The van der Waals surface area contributed by atoms with E-state index in [2.05, 4.69) is 10.2 Å². The minimum absolute atomic E-state index is 0.0416. The quantitative estimate of drug-likeness (QED) is 0.770. The van der Waals surface area contributed by atoms with E-state index >= 15 is 0 Å². The summed E-state index contributed by atoms with van der Waals surface area (Å²) in [6, 6.07) is 2.62. The number of carbonyl (C=O) groups excluding carboxylic acids is 3. The Morgan fingerprint density at radius 2 is 1.69 bits per heavy atom. The van der Waals surface area contributed by atoms with E-state index in [-0.39, 0.29) is 29.4 Å². The molecule has 160 valence electrons. The second-order valence-electron chi connectivity index (χ2n) is 8.22. The zero-order valence-corrected chi connectivity index (χ0v) is 17.4. The lowest BCUT2D eigenvalue weighted by molar-refractivity contribution is -0.137. The Kier molecular flexibility index (Phi) is 7.30. The summed E-state index contributed by atoms with van der Waals surface area (Å²) in [6.07, 6.45) is 4.83. The highest BCUT2D eigenvalue weighted by atomic mass is 16.3. The van der Waals surface area contributed by atoms with E-state index in [1.165, 1.54) is 12.7 Å². The molecule has 29 heavy (non-hydrogen) atoms. The van der Waals surface area contributed by atoms with Crippen LogP contribution in [0.4, 0.5) is 0 Å². The van der Waals surface area contributed by atoms with Crippen molar-refractivity contribution in [3.05, 3.63) is 24.2 Å². The van der Waals surface area contributed by atoms with E-state index < -0.39 is 6.04 Å². The summed E-state index contributed by atoms with van der Waals surface area (Å²) in [7, 11) is 0. The number of nitrogens with one attached hydrogen (secondary N) is 1. The van der Waals surface area contributed by atoms with E-state index in [1.54, 1.807) is 17.0 Å². The molecule has 1 aromatic heterocycles. The number of amides is 3. The van der Waals surface area contributed by atoms with Crippen molar-refractivity contribution in [3.63, 3.8) is 0 Å². The Morgan fingerprint density at radius 1 is 1.00 bits per heavy atom. The molecule has 2 saturated heterocycles. The first kappa shape index (κ1) is 21.4. The number of hydrogen-bond donors (Lipinski definition) is 1. The van der Waals surface area contributed by atoms with E-state index in [1.807, 2.05) is 18.7 Å². The second-order valence-corrected chi connectivity index (χ2v) is 8.22. The molecule has 1 aromatic rings. The summed E-state index contributed by atoms with van der Waals surface area (Å²) in [6.45, 7) is 8.44. The lowest BCUT2D eigenvalue weighted by Gasteiger charge is -2.38. The van der Waals surface area contributed by atoms with Crippen LogP contribution in [0, 0.1) is 5.92 Å². The van der Waals surface area contributed by atoms with Crippen molar-refractivity contribution in [2.45, 2.75) is 39.2 Å². The highest BCUT2D eigenvalue weighted by molar-refractivity contribution is 5.95. The average molecular weight is 405 g/mol. The van der Waals surface area contributed by atoms with Crippen molar-refractivity contribution in [1.82, 2.24) is 20.0 Å². The number of likely N-dealkylation sites (tertiary alicyclic amines) is 1. The van der Waals surface area contributed by atoms with E-state index in [0.717, 1.165) is 25.9 Å². The molecule has 1 N–H and O–H groups in total. The Labute approximate surface area is 172 Å². The summed E-state index contributed by atoms with van der Waals surface area (Å²) >= 11 is 0. The van der Waals surface area contributed by atoms with Gasteiger partial charge in [0.1, 0.15) is 6.04 Å². The molecule has 2 aliphatic heterocycles. The second kappa shape index (κ2) is 9.91. The van der Waals surface area contributed by atoms with Crippen LogP contribution >= 0.6 is 0 Å². The van der Waals surface area contributed by atoms with Crippen molar-refractivity contribution in [2.75, 3.05) is 45.8 Å². The Morgan fingerprint density at radius 3 is 2.28 bits per heavy atom. The van der Waals surface area contributed by atoms with Crippen LogP contribution in [0.5, 0.6) is 0 Å². The first-order valence-corrected chi connectivity index (χ1v) is 10.6. The largest absolute Gasteiger partial charge is 0.459 e. The normalized spacial score (nSPS) is 19.3. The predicted molar refractivity (Wildman–Crippen MR) is 108 cm³/mol. The van der Waals surface area contributed by atoms with Crippen LogP contribution in [-0.2, 0) is 9.59 Å². The molecule has 0 radical (unpaired) electrons. The SMILES string of the molecule is CC(C)[C@H](NC(=O)c1ccco1)C(=O)N1CCN(CC(=O)N2CCCCC2)CC1. The fourth-order valence-electron chi connectivity index (χ4n) is 3.89. The van der Waals surface area contributed by atoms with E-state index in [0.29, 0.717) is 32.7 Å². The van der Waals surface area contributed by atoms with Crippen LogP contribution in [0.2, 0.25) is 0 Å². The fourth-order valence-corrected chi connectivity index (χ4v) is 3.89. The van der Waals surface area contributed by atoms with Gasteiger partial charge in [-0.3, -0.25) is 19.3 Å². The Bertz CT molecular complexity index is 690. The fraction of sp³-hybridized carbons (Fsp3) is 0.667. The molecule has 8 nitrogen and oxygen atoms in total. The molecular weight excluding hydrogens is 372 g/mol. The predicted octanol–water partition coefficient (Wildman–Crippen LogP) is 1.19. The van der Waals surface area contributed by atoms with E-state index in [9.17, 15) is 14.4 Å². The summed E-state index contributed by atoms with van der Waals surface area (Å²) in [5.41, 5.74) is 0. The van der Waals surface area contributed by atoms with Gasteiger partial charge in [-0.1, -0.05) is 13.8 Å². The minimum Gasteiger partial charge on any atom is -0.459 e. The number of furan rings is 1. The van der Waals surface area contributed by atoms with Crippen molar-refractivity contribution >= 4 is 17.7 Å². The van der Waals surface area contributed by atoms with Crippen LogP contribution < -0.4 is 5.32 Å². The van der Waals surface area contributed by atoms with Gasteiger partial charge >= 0.3 is 0 Å². The first-order valence-electron chi connectivity index (χ1n) is 10.6. The average Bonchev–Trinajstić information content (AvgIpc) is 3.27. The zero-order chi connectivity index (χ0) is 20.8. The van der Waals surface area contributed by atoms with Crippen LogP contribution in [0.25, 0.3) is 0 Å². The van der Waals surface area contributed by atoms with Crippen LogP contribution in [0.3, 0.4) is 0 Å². The molecule has 3 heterocycles. The molecular formula is C21H32N4O4. The number of piperazine rings is 1. The Balaban J connectivity index is 1.49. The highest BCUT2D eigenvalue weighted by Gasteiger charge is 2.32. The third-order valence-corrected chi connectivity index (χ3v) is 5.72. The van der Waals surface area contributed by atoms with Crippen molar-refractivity contribution in [1.29, 1.82) is 0 Å². The van der Waals surface area contributed by atoms with Crippen LogP contribution in [0.15, 0.2) is 22.8 Å². The first-order chi connectivity index (χ1) is 14.0. The van der Waals surface area contributed by atoms with Gasteiger partial charge in [0, 0.05) is 39.3 Å². The van der Waals surface area contributed by atoms with Gasteiger partial charge in [-0.15, -0.1) is 0 Å². The van der Waals surface area contributed by atoms with Crippen molar-refractivity contribution in [2.24, 2.45) is 5.92 Å². The number of nitrogens with zero attached hydrogens (tertiary/aromatic N) is 3. The van der Waals surface area contributed by atoms with Gasteiger partial charge in [-0.2, -0.15) is 0 Å². The molecule has 2 fully saturated rings. The zero-order valence-electron chi connectivity index (χ0n) is 17.4. The van der Waals surface area contributed by atoms with Gasteiger partial charge in [0.15, 0.2) is 5.76 Å². The number of rotatable bonds is 6. The third kappa shape index (κ3) is 5.59. The lowest BCUT2D eigenvalue weighted by atomic mass is 10.0. The van der Waals surface area contributed by atoms with Gasteiger partial charge in [0.2, 0.25) is 11.8 Å². The molecule has 0 aliphatic carbocycles. The maximum Gasteiger partial charge on any atom is 0.287 e. The van der Waals surface area contributed by atoms with Crippen LogP contribution in [-0.4, -0.2) is 84.3 Å². The molecule has 2 aliphatic rings. The van der Waals surface area contributed by atoms with Gasteiger partial charge in [-0.05, 0) is 37.3 Å². The number of carbonyl (C=O) groups is 3. The smallest absolute Gasteiger partial charge is 0.287 e. The molecule has 0 unspecified atom stereocenters. The van der Waals surface area contributed by atoms with E-state index in [4.69, 9.17) is 4.42 Å². The van der Waals surface area contributed by atoms with Gasteiger partial charge in [0.05, 0.1) is 12.8 Å². The van der Waals surface area contributed by atoms with Crippen LogP contribution in [0.1, 0.15) is 43.7 Å². The summed E-state index contributed by atoms with van der Waals surface area (Å²) in [5.74, 6) is -0.116. The summed E-state index contributed by atoms with van der Waals surface area (Å²) < 4.78 is 5.12. The molecule has 3 rings (SSSR count). The minimum atomic E-state index is -0.603. The highest BCUT2D eigenvalue weighted by Crippen LogP contribution is 2.13. The summed E-state index contributed by atoms with van der Waals surface area (Å²) in [4.78, 5) is 43.6. The molecule has 1 atom stereocenters. The van der Waals surface area contributed by atoms with Gasteiger partial charge in [0.25, 0.3) is 5.91 Å². The maximum absolute atomic E-state index is 13.0. The monoisotopic (exact) mass is 404 g/mol. The lowest BCUT2D eigenvalue weighted by Crippen LogP contribution is -2.57. The standard InChI is InChI=1S/C21H32N4O4/c1-16(2)19(22-20(27)17-7-6-14-29-17)21(28)25-12-10-23(11-13-25)15-18(26)24-8-4-3-5-9-24/h6-7,14,16,19H,3-5,8-13,15H2,1-2H3,(H,22,27)/t19-/m0/s1. The maximum atomic E-state index is 13.0. The molecule has 0 saturated carbocycles. The molecule has 3 amide bonds. The number of hydrogen-bond acceptors (Lipinski definition) is 5. The molecule has 0 aromatic carbocycles. The van der Waals surface area contributed by atoms with Crippen molar-refractivity contribution in [3.8, 4) is 0 Å². The molecule has 0 spiro atoms. The topological polar surface area (TPSA) is 86.1 Å². The Hall–Kier alpha value is -2.35. The van der Waals surface area contributed by atoms with Gasteiger partial charge < -0.3 is 19.5 Å². The molecule has 8 heteroatoms. The number of piperidine rings is 1. The molecule has 0 bridgehead atoms. The van der Waals surface area contributed by atoms with Gasteiger partial charge in [-0.25, -0.2) is 0 Å². The van der Waals surface area contributed by atoms with Crippen molar-refractivity contribution < 1.29 is 18.8 Å². The third-order valence-electron chi connectivity index (χ3n) is 5.72.